The molecule has 126 valence electrons. The molecule has 0 fully saturated rings. The number of nitrogens with zero attached hydrogens (tertiary/aromatic N) is 1. The zero-order chi connectivity index (χ0) is 16.3. The van der Waals surface area contributed by atoms with Crippen LogP contribution in [0.15, 0.2) is 28.9 Å². The van der Waals surface area contributed by atoms with Gasteiger partial charge in [0.05, 0.1) is 19.2 Å². The van der Waals surface area contributed by atoms with Crippen molar-refractivity contribution in [1.82, 2.24) is 4.90 Å². The summed E-state index contributed by atoms with van der Waals surface area (Å²) in [4.78, 5) is 14.0. The first-order chi connectivity index (χ1) is 10.5. The summed E-state index contributed by atoms with van der Waals surface area (Å²) in [7, 11) is 3.44. The van der Waals surface area contributed by atoms with Crippen molar-refractivity contribution >= 4 is 18.3 Å². The van der Waals surface area contributed by atoms with E-state index in [1.54, 1.807) is 25.1 Å². The van der Waals surface area contributed by atoms with Gasteiger partial charge in [-0.05, 0) is 36.6 Å². The average molecular weight is 339 g/mol. The summed E-state index contributed by atoms with van der Waals surface area (Å²) in [5.41, 5.74) is 9.20. The predicted molar refractivity (Wildman–Crippen MR) is 92.1 cm³/mol. The molecule has 0 saturated carbocycles. The highest BCUT2D eigenvalue weighted by Crippen LogP contribution is 2.25. The maximum absolute atomic E-state index is 12.4. The number of nitrogens with two attached hydrogens (primary N) is 1. The number of halogens is 1. The summed E-state index contributed by atoms with van der Waals surface area (Å²) < 4.78 is 10.6. The normalized spacial score (nSPS) is 10.1. The third kappa shape index (κ3) is 4.27. The van der Waals surface area contributed by atoms with Gasteiger partial charge in [0.2, 0.25) is 0 Å². The zero-order valence-corrected chi connectivity index (χ0v) is 14.7. The number of amides is 1. The topological polar surface area (TPSA) is 68.7 Å². The summed E-state index contributed by atoms with van der Waals surface area (Å²) in [6.45, 7) is 4.81. The second-order valence-electron chi connectivity index (χ2n) is 5.43. The van der Waals surface area contributed by atoms with Gasteiger partial charge in [-0.15, -0.1) is 12.4 Å². The largest absolute Gasteiger partial charge is 0.496 e. The van der Waals surface area contributed by atoms with E-state index in [2.05, 4.69) is 0 Å². The average Bonchev–Trinajstić information content (AvgIpc) is 2.95. The van der Waals surface area contributed by atoms with Crippen LogP contribution in [0.25, 0.3) is 0 Å². The molecular formula is C17H23ClN2O3. The first kappa shape index (κ1) is 19.1. The van der Waals surface area contributed by atoms with Gasteiger partial charge in [0.25, 0.3) is 5.91 Å². The standard InChI is InChI=1S/C17H22N2O3.ClH/c1-11-5-13(6-12(2)16(11)21-4)9-19(3)17(20)14-7-15(8-18)22-10-14;/h5-7,10H,8-9,18H2,1-4H3;1H. The smallest absolute Gasteiger partial charge is 0.257 e. The number of benzene rings is 1. The lowest BCUT2D eigenvalue weighted by molar-refractivity contribution is 0.0784. The molecule has 6 heteroatoms. The third-order valence-electron chi connectivity index (χ3n) is 3.59. The van der Waals surface area contributed by atoms with Crippen molar-refractivity contribution in [2.45, 2.75) is 26.9 Å². The second kappa shape index (κ2) is 8.04. The van der Waals surface area contributed by atoms with Crippen molar-refractivity contribution in [2.24, 2.45) is 5.73 Å². The lowest BCUT2D eigenvalue weighted by Gasteiger charge is -2.18. The lowest BCUT2D eigenvalue weighted by atomic mass is 10.1. The van der Waals surface area contributed by atoms with Gasteiger partial charge >= 0.3 is 0 Å². The number of rotatable bonds is 5. The Hall–Kier alpha value is -1.98. The third-order valence-corrected chi connectivity index (χ3v) is 3.59. The molecule has 0 bridgehead atoms. The molecule has 1 heterocycles. The van der Waals surface area contributed by atoms with Crippen LogP contribution < -0.4 is 10.5 Å². The summed E-state index contributed by atoms with van der Waals surface area (Å²) in [5.74, 6) is 1.41. The first-order valence-corrected chi connectivity index (χ1v) is 7.13. The zero-order valence-electron chi connectivity index (χ0n) is 13.9. The van der Waals surface area contributed by atoms with Crippen molar-refractivity contribution in [3.05, 3.63) is 52.5 Å². The van der Waals surface area contributed by atoms with E-state index < -0.39 is 0 Å². The van der Waals surface area contributed by atoms with Crippen LogP contribution in [0.4, 0.5) is 0 Å². The number of hydrogen-bond acceptors (Lipinski definition) is 4. The van der Waals surface area contributed by atoms with Gasteiger partial charge in [0, 0.05) is 13.6 Å². The Balaban J connectivity index is 0.00000264. The van der Waals surface area contributed by atoms with Gasteiger partial charge in [-0.25, -0.2) is 0 Å². The first-order valence-electron chi connectivity index (χ1n) is 7.13. The molecule has 0 atom stereocenters. The van der Waals surface area contributed by atoms with Crippen molar-refractivity contribution in [3.8, 4) is 5.75 Å². The highest BCUT2D eigenvalue weighted by atomic mass is 35.5. The van der Waals surface area contributed by atoms with Gasteiger partial charge in [-0.1, -0.05) is 12.1 Å². The van der Waals surface area contributed by atoms with E-state index >= 15 is 0 Å². The van der Waals surface area contributed by atoms with Crippen molar-refractivity contribution in [1.29, 1.82) is 0 Å². The molecule has 0 aliphatic rings. The fourth-order valence-corrected chi connectivity index (χ4v) is 2.62. The van der Waals surface area contributed by atoms with Crippen LogP contribution in [-0.2, 0) is 13.1 Å². The van der Waals surface area contributed by atoms with Crippen LogP contribution in [0.3, 0.4) is 0 Å². The highest BCUT2D eigenvalue weighted by molar-refractivity contribution is 5.93. The van der Waals surface area contributed by atoms with E-state index in [0.717, 1.165) is 22.4 Å². The minimum Gasteiger partial charge on any atom is -0.496 e. The fraction of sp³-hybridized carbons (Fsp3) is 0.353. The van der Waals surface area contributed by atoms with E-state index in [1.807, 2.05) is 26.0 Å². The number of carbonyl (C=O) groups is 1. The number of furan rings is 1. The van der Waals surface area contributed by atoms with Gasteiger partial charge in [-0.2, -0.15) is 0 Å². The molecule has 1 aromatic heterocycles. The molecule has 0 spiro atoms. The highest BCUT2D eigenvalue weighted by Gasteiger charge is 2.16. The molecular weight excluding hydrogens is 316 g/mol. The maximum atomic E-state index is 12.4. The molecule has 0 radical (unpaired) electrons. The Morgan fingerprint density at radius 2 is 1.87 bits per heavy atom. The number of ether oxygens (including phenoxy) is 1. The lowest BCUT2D eigenvalue weighted by Crippen LogP contribution is -2.25. The van der Waals surface area contributed by atoms with E-state index in [-0.39, 0.29) is 24.9 Å². The van der Waals surface area contributed by atoms with E-state index in [9.17, 15) is 4.79 Å². The van der Waals surface area contributed by atoms with Crippen LogP contribution in [-0.4, -0.2) is 25.0 Å². The maximum Gasteiger partial charge on any atom is 0.257 e. The van der Waals surface area contributed by atoms with Crippen LogP contribution >= 0.6 is 12.4 Å². The Labute approximate surface area is 142 Å². The van der Waals surface area contributed by atoms with E-state index in [0.29, 0.717) is 17.9 Å². The molecule has 1 amide bonds. The predicted octanol–water partition coefficient (Wildman–Crippen LogP) is 3.06. The fourth-order valence-electron chi connectivity index (χ4n) is 2.62. The van der Waals surface area contributed by atoms with Crippen molar-refractivity contribution in [3.63, 3.8) is 0 Å². The van der Waals surface area contributed by atoms with Gasteiger partial charge in [0.15, 0.2) is 0 Å². The molecule has 2 rings (SSSR count). The molecule has 23 heavy (non-hydrogen) atoms. The number of hydrogen-bond donors (Lipinski definition) is 1. The van der Waals surface area contributed by atoms with Crippen LogP contribution in [0.2, 0.25) is 0 Å². The van der Waals surface area contributed by atoms with E-state index in [4.69, 9.17) is 14.9 Å². The molecule has 0 aliphatic heterocycles. The summed E-state index contributed by atoms with van der Waals surface area (Å²) >= 11 is 0. The minimum atomic E-state index is -0.0884. The monoisotopic (exact) mass is 338 g/mol. The van der Waals surface area contributed by atoms with Gasteiger partial charge in [0.1, 0.15) is 17.8 Å². The van der Waals surface area contributed by atoms with Crippen LogP contribution in [0.1, 0.15) is 32.8 Å². The molecule has 0 aliphatic carbocycles. The second-order valence-corrected chi connectivity index (χ2v) is 5.43. The molecule has 1 aromatic carbocycles. The molecule has 2 aromatic rings. The Morgan fingerprint density at radius 1 is 1.26 bits per heavy atom. The van der Waals surface area contributed by atoms with E-state index in [1.165, 1.54) is 6.26 Å². The van der Waals surface area contributed by atoms with Crippen LogP contribution in [0, 0.1) is 13.8 Å². The molecule has 5 nitrogen and oxygen atoms in total. The van der Waals surface area contributed by atoms with Crippen molar-refractivity contribution < 1.29 is 13.9 Å². The van der Waals surface area contributed by atoms with Gasteiger partial charge in [-0.3, -0.25) is 4.79 Å². The Bertz CT molecular complexity index is 659. The Kier molecular flexibility index (Phi) is 6.66. The van der Waals surface area contributed by atoms with Crippen LogP contribution in [0.5, 0.6) is 5.75 Å². The number of methoxy groups -OCH3 is 1. The quantitative estimate of drug-likeness (QED) is 0.909. The number of aryl methyl sites for hydroxylation is 2. The van der Waals surface area contributed by atoms with Gasteiger partial charge < -0.3 is 19.8 Å². The SMILES string of the molecule is COc1c(C)cc(CN(C)C(=O)c2coc(CN)c2)cc1C.Cl. The summed E-state index contributed by atoms with van der Waals surface area (Å²) in [5, 5.41) is 0. The summed E-state index contributed by atoms with van der Waals surface area (Å²) in [6, 6.07) is 5.76. The Morgan fingerprint density at radius 3 is 2.35 bits per heavy atom. The minimum absolute atomic E-state index is 0. The summed E-state index contributed by atoms with van der Waals surface area (Å²) in [6.07, 6.45) is 1.45. The molecule has 0 unspecified atom stereocenters. The molecule has 0 saturated heterocycles. The number of carbonyl (C=O) groups excluding carboxylic acids is 1. The molecule has 2 N–H and O–H groups in total. The van der Waals surface area contributed by atoms with Crippen molar-refractivity contribution in [2.75, 3.05) is 14.2 Å².